The van der Waals surface area contributed by atoms with Gasteiger partial charge in [-0.25, -0.2) is 9.67 Å². The van der Waals surface area contributed by atoms with Gasteiger partial charge in [0.05, 0.1) is 32.6 Å². The standard InChI is InChI=1S/C22H24N4O3/c1-28-18-6-4-5-17(15-18)9-10-21-23-22(19-7-2-3-8-20(19)27)26(24-21)16-25-11-13-29-14-12-25/h2-10,15,27H,11-14,16H2,1H3/b10-9+. The van der Waals surface area contributed by atoms with Gasteiger partial charge in [0.25, 0.3) is 0 Å². The maximum Gasteiger partial charge on any atom is 0.174 e. The Balaban J connectivity index is 1.65. The highest BCUT2D eigenvalue weighted by Gasteiger charge is 2.18. The van der Waals surface area contributed by atoms with Crippen LogP contribution in [0.4, 0.5) is 0 Å². The molecule has 150 valence electrons. The Hall–Kier alpha value is -3.16. The fourth-order valence-electron chi connectivity index (χ4n) is 3.24. The smallest absolute Gasteiger partial charge is 0.174 e. The monoisotopic (exact) mass is 392 g/mol. The summed E-state index contributed by atoms with van der Waals surface area (Å²) in [7, 11) is 1.65. The van der Waals surface area contributed by atoms with E-state index in [4.69, 9.17) is 9.47 Å². The highest BCUT2D eigenvalue weighted by atomic mass is 16.5. The SMILES string of the molecule is COc1cccc(/C=C/c2nc(-c3ccccc3O)n(CN3CCOCC3)n2)c1. The van der Waals surface area contributed by atoms with Crippen molar-refractivity contribution in [3.05, 3.63) is 59.9 Å². The first-order chi connectivity index (χ1) is 14.2. The summed E-state index contributed by atoms with van der Waals surface area (Å²) >= 11 is 0. The van der Waals surface area contributed by atoms with Crippen LogP contribution >= 0.6 is 0 Å². The molecule has 1 aliphatic rings. The van der Waals surface area contributed by atoms with Gasteiger partial charge in [-0.1, -0.05) is 30.3 Å². The maximum atomic E-state index is 10.3. The van der Waals surface area contributed by atoms with Crippen LogP contribution in [0.25, 0.3) is 23.5 Å². The van der Waals surface area contributed by atoms with Crippen molar-refractivity contribution in [2.75, 3.05) is 33.4 Å². The van der Waals surface area contributed by atoms with Crippen molar-refractivity contribution in [3.63, 3.8) is 0 Å². The topological polar surface area (TPSA) is 72.6 Å². The first kappa shape index (κ1) is 19.2. The van der Waals surface area contributed by atoms with Crippen LogP contribution in [0.1, 0.15) is 11.4 Å². The molecule has 0 radical (unpaired) electrons. The zero-order valence-electron chi connectivity index (χ0n) is 16.4. The van der Waals surface area contributed by atoms with E-state index >= 15 is 0 Å². The van der Waals surface area contributed by atoms with E-state index in [-0.39, 0.29) is 5.75 Å². The summed E-state index contributed by atoms with van der Waals surface area (Å²) in [6.07, 6.45) is 3.82. The second-order valence-corrected chi connectivity index (χ2v) is 6.79. The van der Waals surface area contributed by atoms with Crippen LogP contribution < -0.4 is 4.74 Å². The number of ether oxygens (including phenoxy) is 2. The van der Waals surface area contributed by atoms with E-state index in [2.05, 4.69) is 15.0 Å². The number of aromatic nitrogens is 3. The summed E-state index contributed by atoms with van der Waals surface area (Å²) in [6, 6.07) is 15.0. The number of benzene rings is 2. The molecule has 0 amide bonds. The Morgan fingerprint density at radius 3 is 2.72 bits per heavy atom. The van der Waals surface area contributed by atoms with Crippen LogP contribution in [0.2, 0.25) is 0 Å². The van der Waals surface area contributed by atoms with Gasteiger partial charge in [-0.3, -0.25) is 4.90 Å². The van der Waals surface area contributed by atoms with Crippen molar-refractivity contribution in [1.29, 1.82) is 0 Å². The number of hydrogen-bond acceptors (Lipinski definition) is 6. The number of rotatable bonds is 6. The second-order valence-electron chi connectivity index (χ2n) is 6.79. The van der Waals surface area contributed by atoms with Crippen molar-refractivity contribution in [2.45, 2.75) is 6.67 Å². The molecule has 0 spiro atoms. The number of methoxy groups -OCH3 is 1. The molecule has 3 aromatic rings. The van der Waals surface area contributed by atoms with Gasteiger partial charge in [-0.15, -0.1) is 5.10 Å². The third kappa shape index (κ3) is 4.64. The van der Waals surface area contributed by atoms with Crippen LogP contribution in [-0.4, -0.2) is 58.2 Å². The minimum atomic E-state index is 0.187. The molecule has 1 aliphatic heterocycles. The van der Waals surface area contributed by atoms with Gasteiger partial charge in [0.2, 0.25) is 0 Å². The molecule has 0 aliphatic carbocycles. The van der Waals surface area contributed by atoms with Gasteiger partial charge >= 0.3 is 0 Å². The number of hydrogen-bond donors (Lipinski definition) is 1. The highest BCUT2D eigenvalue weighted by Crippen LogP contribution is 2.28. The third-order valence-corrected chi connectivity index (χ3v) is 4.79. The zero-order valence-corrected chi connectivity index (χ0v) is 16.4. The minimum Gasteiger partial charge on any atom is -0.507 e. The number of phenols is 1. The van der Waals surface area contributed by atoms with E-state index in [0.717, 1.165) is 24.4 Å². The molecular formula is C22H24N4O3. The number of aromatic hydroxyl groups is 1. The largest absolute Gasteiger partial charge is 0.507 e. The summed E-state index contributed by atoms with van der Waals surface area (Å²) in [5.41, 5.74) is 1.66. The number of phenolic OH excluding ortho intramolecular Hbond substituents is 1. The number of morpholine rings is 1. The second kappa shape index (κ2) is 8.89. The van der Waals surface area contributed by atoms with Gasteiger partial charge in [0, 0.05) is 13.1 Å². The van der Waals surface area contributed by atoms with Crippen LogP contribution in [0.15, 0.2) is 48.5 Å². The fourth-order valence-corrected chi connectivity index (χ4v) is 3.24. The molecule has 0 saturated carbocycles. The average molecular weight is 392 g/mol. The molecule has 1 saturated heterocycles. The van der Waals surface area contributed by atoms with E-state index in [9.17, 15) is 5.11 Å². The van der Waals surface area contributed by atoms with E-state index < -0.39 is 0 Å². The van der Waals surface area contributed by atoms with Crippen LogP contribution in [0.3, 0.4) is 0 Å². The Morgan fingerprint density at radius 1 is 1.10 bits per heavy atom. The molecule has 29 heavy (non-hydrogen) atoms. The molecule has 1 N–H and O–H groups in total. The molecule has 7 heteroatoms. The van der Waals surface area contributed by atoms with Crippen LogP contribution in [0.5, 0.6) is 11.5 Å². The van der Waals surface area contributed by atoms with Crippen molar-refractivity contribution in [1.82, 2.24) is 19.7 Å². The Labute approximate surface area is 169 Å². The summed E-state index contributed by atoms with van der Waals surface area (Å²) in [4.78, 5) is 6.94. The molecule has 1 fully saturated rings. The summed E-state index contributed by atoms with van der Waals surface area (Å²) in [5, 5.41) is 15.0. The van der Waals surface area contributed by atoms with Gasteiger partial charge in [0.15, 0.2) is 11.6 Å². The predicted molar refractivity (Wildman–Crippen MR) is 111 cm³/mol. The lowest BCUT2D eigenvalue weighted by Crippen LogP contribution is -2.37. The quantitative estimate of drug-likeness (QED) is 0.695. The summed E-state index contributed by atoms with van der Waals surface area (Å²) < 4.78 is 12.5. The van der Waals surface area contributed by atoms with Crippen molar-refractivity contribution >= 4 is 12.2 Å². The summed E-state index contributed by atoms with van der Waals surface area (Å²) in [5.74, 6) is 2.21. The van der Waals surface area contributed by atoms with Crippen molar-refractivity contribution in [3.8, 4) is 22.9 Å². The van der Waals surface area contributed by atoms with E-state index in [1.807, 2.05) is 53.2 Å². The third-order valence-electron chi connectivity index (χ3n) is 4.79. The van der Waals surface area contributed by atoms with Gasteiger partial charge in [0.1, 0.15) is 11.5 Å². The van der Waals surface area contributed by atoms with Crippen molar-refractivity contribution < 1.29 is 14.6 Å². The fraction of sp³-hybridized carbons (Fsp3) is 0.273. The van der Waals surface area contributed by atoms with E-state index in [1.54, 1.807) is 19.2 Å². The normalized spacial score (nSPS) is 15.1. The lowest BCUT2D eigenvalue weighted by atomic mass is 10.2. The molecular weight excluding hydrogens is 368 g/mol. The Kier molecular flexibility index (Phi) is 5.88. The lowest BCUT2D eigenvalue weighted by molar-refractivity contribution is 0.0216. The minimum absolute atomic E-state index is 0.187. The van der Waals surface area contributed by atoms with Crippen LogP contribution in [-0.2, 0) is 11.4 Å². The first-order valence-electron chi connectivity index (χ1n) is 9.58. The number of nitrogens with zero attached hydrogens (tertiary/aromatic N) is 4. The zero-order chi connectivity index (χ0) is 20.1. The first-order valence-corrected chi connectivity index (χ1v) is 9.58. The maximum absolute atomic E-state index is 10.3. The summed E-state index contributed by atoms with van der Waals surface area (Å²) in [6.45, 7) is 3.70. The highest BCUT2D eigenvalue weighted by molar-refractivity contribution is 5.69. The van der Waals surface area contributed by atoms with Gasteiger partial charge < -0.3 is 14.6 Å². The molecule has 1 aromatic heterocycles. The average Bonchev–Trinajstić information content (AvgIpc) is 3.16. The van der Waals surface area contributed by atoms with Crippen molar-refractivity contribution in [2.24, 2.45) is 0 Å². The lowest BCUT2D eigenvalue weighted by Gasteiger charge is -2.26. The Morgan fingerprint density at radius 2 is 1.93 bits per heavy atom. The predicted octanol–water partition coefficient (Wildman–Crippen LogP) is 3.12. The molecule has 2 heterocycles. The van der Waals surface area contributed by atoms with E-state index in [0.29, 0.717) is 37.1 Å². The molecule has 2 aromatic carbocycles. The Bertz CT molecular complexity index is 993. The molecule has 0 bridgehead atoms. The van der Waals surface area contributed by atoms with Gasteiger partial charge in [-0.2, -0.15) is 0 Å². The van der Waals surface area contributed by atoms with Gasteiger partial charge in [-0.05, 0) is 35.9 Å². The van der Waals surface area contributed by atoms with Crippen LogP contribution in [0, 0.1) is 0 Å². The molecule has 0 unspecified atom stereocenters. The molecule has 4 rings (SSSR count). The number of para-hydroxylation sites is 1. The molecule has 7 nitrogen and oxygen atoms in total. The molecule has 0 atom stereocenters. The van der Waals surface area contributed by atoms with E-state index in [1.165, 1.54) is 0 Å².